The Hall–Kier alpha value is -3.88. The lowest BCUT2D eigenvalue weighted by Crippen LogP contribution is -1.94. The molecule has 0 atom stereocenters. The molecule has 0 fully saturated rings. The molecule has 0 saturated carbocycles. The van der Waals surface area contributed by atoms with Crippen molar-refractivity contribution in [1.82, 2.24) is 39.0 Å². The summed E-state index contributed by atoms with van der Waals surface area (Å²) in [5.74, 6) is 1.58. The van der Waals surface area contributed by atoms with Crippen LogP contribution in [-0.2, 0) is 0 Å². The van der Waals surface area contributed by atoms with Crippen LogP contribution in [0.15, 0.2) is 66.4 Å². The molecule has 5 rings (SSSR count). The van der Waals surface area contributed by atoms with E-state index in [1.807, 2.05) is 22.7 Å². The number of rotatable bonds is 3. The van der Waals surface area contributed by atoms with Crippen molar-refractivity contribution in [3.05, 3.63) is 61.8 Å². The van der Waals surface area contributed by atoms with Crippen LogP contribution in [0.4, 0.5) is 0 Å². The van der Waals surface area contributed by atoms with Gasteiger partial charge in [0.25, 0.3) is 5.89 Å². The van der Waals surface area contributed by atoms with Crippen molar-refractivity contribution in [1.29, 1.82) is 0 Å². The van der Waals surface area contributed by atoms with Crippen LogP contribution < -0.4 is 0 Å². The third-order valence-electron chi connectivity index (χ3n) is 3.73. The van der Waals surface area contributed by atoms with Gasteiger partial charge < -0.3 is 4.52 Å². The molecule has 0 bridgehead atoms. The summed E-state index contributed by atoms with van der Waals surface area (Å²) in [6.07, 6.45) is 13.7. The van der Waals surface area contributed by atoms with Crippen LogP contribution in [0.2, 0.25) is 0 Å². The van der Waals surface area contributed by atoms with Crippen LogP contribution in [0, 0.1) is 0 Å². The summed E-state index contributed by atoms with van der Waals surface area (Å²) < 4.78 is 9.08. The largest absolute Gasteiger partial charge is 0.334 e. The van der Waals surface area contributed by atoms with E-state index >= 15 is 0 Å². The molecule has 0 unspecified atom stereocenters. The van der Waals surface area contributed by atoms with Gasteiger partial charge in [0.05, 0.1) is 12.4 Å². The number of nitrogens with zero attached hydrogens (tertiary/aromatic N) is 8. The molecule has 0 amide bonds. The highest BCUT2D eigenvalue weighted by atomic mass is 16.5. The zero-order valence-corrected chi connectivity index (χ0v) is 12.8. The molecule has 0 saturated heterocycles. The van der Waals surface area contributed by atoms with E-state index in [4.69, 9.17) is 4.52 Å². The van der Waals surface area contributed by atoms with Crippen molar-refractivity contribution in [2.75, 3.05) is 0 Å². The topological polar surface area (TPSA) is 99.8 Å². The van der Waals surface area contributed by atoms with Gasteiger partial charge in [0.1, 0.15) is 17.8 Å². The molecular formula is C16H10N8O. The van der Waals surface area contributed by atoms with E-state index in [0.717, 1.165) is 22.7 Å². The second-order valence-corrected chi connectivity index (χ2v) is 5.24. The first-order valence-corrected chi connectivity index (χ1v) is 7.44. The quantitative estimate of drug-likeness (QED) is 0.499. The molecule has 0 spiro atoms. The van der Waals surface area contributed by atoms with Gasteiger partial charge in [-0.1, -0.05) is 5.16 Å². The van der Waals surface area contributed by atoms with Crippen molar-refractivity contribution < 1.29 is 4.52 Å². The van der Waals surface area contributed by atoms with Crippen LogP contribution in [0.3, 0.4) is 0 Å². The maximum absolute atomic E-state index is 5.43. The van der Waals surface area contributed by atoms with Gasteiger partial charge in [-0.25, -0.2) is 15.0 Å². The van der Waals surface area contributed by atoms with E-state index in [0.29, 0.717) is 11.7 Å². The lowest BCUT2D eigenvalue weighted by molar-refractivity contribution is 0.432. The van der Waals surface area contributed by atoms with E-state index < -0.39 is 0 Å². The molecule has 9 heteroatoms. The molecule has 5 aromatic heterocycles. The molecule has 25 heavy (non-hydrogen) atoms. The molecule has 120 valence electrons. The highest BCUT2D eigenvalue weighted by molar-refractivity contribution is 5.60. The van der Waals surface area contributed by atoms with Crippen LogP contribution in [0.5, 0.6) is 0 Å². The number of aromatic nitrogens is 8. The summed E-state index contributed by atoms with van der Waals surface area (Å²) in [5.41, 5.74) is 2.22. The predicted octanol–water partition coefficient (Wildman–Crippen LogP) is 2.03. The first kappa shape index (κ1) is 13.5. The highest BCUT2D eigenvalue weighted by Crippen LogP contribution is 2.23. The van der Waals surface area contributed by atoms with E-state index in [2.05, 4.69) is 30.1 Å². The summed E-state index contributed by atoms with van der Waals surface area (Å²) in [7, 11) is 0. The maximum atomic E-state index is 5.43. The average Bonchev–Trinajstić information content (AvgIpc) is 3.40. The lowest BCUT2D eigenvalue weighted by atomic mass is 10.2. The summed E-state index contributed by atoms with van der Waals surface area (Å²) in [4.78, 5) is 21.2. The van der Waals surface area contributed by atoms with Gasteiger partial charge in [-0.15, -0.1) is 0 Å². The van der Waals surface area contributed by atoms with Gasteiger partial charge in [0.2, 0.25) is 5.82 Å². The van der Waals surface area contributed by atoms with Crippen molar-refractivity contribution in [2.24, 2.45) is 0 Å². The molecule has 0 aliphatic carbocycles. The summed E-state index contributed by atoms with van der Waals surface area (Å²) in [5, 5.41) is 4.07. The fourth-order valence-corrected chi connectivity index (χ4v) is 2.54. The number of hydrogen-bond donors (Lipinski definition) is 0. The van der Waals surface area contributed by atoms with Gasteiger partial charge >= 0.3 is 0 Å². The Balaban J connectivity index is 1.56. The Morgan fingerprint density at radius 1 is 0.960 bits per heavy atom. The minimum Gasteiger partial charge on any atom is -0.334 e. The average molecular weight is 330 g/mol. The summed E-state index contributed by atoms with van der Waals surface area (Å²) >= 11 is 0. The Kier molecular flexibility index (Phi) is 2.89. The third-order valence-corrected chi connectivity index (χ3v) is 3.73. The van der Waals surface area contributed by atoms with Gasteiger partial charge in [-0.05, 0) is 12.1 Å². The zero-order chi connectivity index (χ0) is 16.6. The van der Waals surface area contributed by atoms with E-state index in [1.54, 1.807) is 48.1 Å². The van der Waals surface area contributed by atoms with E-state index in [9.17, 15) is 0 Å². The monoisotopic (exact) mass is 330 g/mol. The van der Waals surface area contributed by atoms with Crippen molar-refractivity contribution >= 4 is 5.65 Å². The molecule has 0 aliphatic rings. The molecule has 5 aromatic rings. The van der Waals surface area contributed by atoms with Crippen molar-refractivity contribution in [3.8, 4) is 28.8 Å². The third kappa shape index (κ3) is 2.26. The SMILES string of the molecule is c1cn2c(-c3noc(-c4ccnc(-n5ccnc5)c4)n3)cnc2cn1. The van der Waals surface area contributed by atoms with Crippen LogP contribution >= 0.6 is 0 Å². The molecule has 9 nitrogen and oxygen atoms in total. The Morgan fingerprint density at radius 3 is 2.84 bits per heavy atom. The number of fused-ring (bicyclic) bond motifs is 1. The van der Waals surface area contributed by atoms with Gasteiger partial charge in [0, 0.05) is 36.5 Å². The summed E-state index contributed by atoms with van der Waals surface area (Å²) in [6.45, 7) is 0. The molecule has 5 heterocycles. The smallest absolute Gasteiger partial charge is 0.258 e. The number of hydrogen-bond acceptors (Lipinski definition) is 7. The minimum atomic E-state index is 0.405. The van der Waals surface area contributed by atoms with Crippen molar-refractivity contribution in [3.63, 3.8) is 0 Å². The minimum absolute atomic E-state index is 0.405. The second-order valence-electron chi connectivity index (χ2n) is 5.24. The highest BCUT2D eigenvalue weighted by Gasteiger charge is 2.15. The molecule has 0 aliphatic heterocycles. The Bertz CT molecular complexity index is 1160. The van der Waals surface area contributed by atoms with E-state index in [1.165, 1.54) is 0 Å². The normalized spacial score (nSPS) is 11.2. The zero-order valence-electron chi connectivity index (χ0n) is 12.8. The van der Waals surface area contributed by atoms with Gasteiger partial charge in [0.15, 0.2) is 5.65 Å². The van der Waals surface area contributed by atoms with Crippen LogP contribution in [0.1, 0.15) is 0 Å². The van der Waals surface area contributed by atoms with Crippen LogP contribution in [0.25, 0.3) is 34.4 Å². The van der Waals surface area contributed by atoms with Crippen molar-refractivity contribution in [2.45, 2.75) is 0 Å². The maximum Gasteiger partial charge on any atom is 0.258 e. The molecule has 0 radical (unpaired) electrons. The second kappa shape index (κ2) is 5.34. The number of pyridine rings is 1. The molecular weight excluding hydrogens is 320 g/mol. The summed E-state index contributed by atoms with van der Waals surface area (Å²) in [6, 6.07) is 3.67. The van der Waals surface area contributed by atoms with Gasteiger partial charge in [-0.2, -0.15) is 4.98 Å². The predicted molar refractivity (Wildman–Crippen MR) is 86.6 cm³/mol. The Morgan fingerprint density at radius 2 is 1.92 bits per heavy atom. The number of imidazole rings is 2. The first-order chi connectivity index (χ1) is 12.4. The van der Waals surface area contributed by atoms with Crippen LogP contribution in [-0.4, -0.2) is 39.0 Å². The fraction of sp³-hybridized carbons (Fsp3) is 0. The van der Waals surface area contributed by atoms with E-state index in [-0.39, 0.29) is 0 Å². The standard InChI is InChI=1S/C16H10N8O/c1-2-19-13(23-5-3-18-10-23)7-11(1)16-21-15(22-25-16)12-8-20-14-9-17-4-6-24(12)14/h1-10H. The first-order valence-electron chi connectivity index (χ1n) is 7.44. The Labute approximate surface area is 140 Å². The fourth-order valence-electron chi connectivity index (χ4n) is 2.54. The lowest BCUT2D eigenvalue weighted by Gasteiger charge is -2.01. The molecule has 0 N–H and O–H groups in total. The molecule has 0 aromatic carbocycles. The van der Waals surface area contributed by atoms with Gasteiger partial charge in [-0.3, -0.25) is 14.0 Å².